The number of likely N-dealkylation sites (tertiary alicyclic amines) is 1. The molecule has 1 aromatic heterocycles. The molecule has 0 saturated carbocycles. The number of fused-ring (bicyclic) bond motifs is 1. The molecule has 10 nitrogen and oxygen atoms in total. The summed E-state index contributed by atoms with van der Waals surface area (Å²) in [6.07, 6.45) is 5.15. The maximum absolute atomic E-state index is 13.4. The van der Waals surface area contributed by atoms with E-state index in [0.29, 0.717) is 22.2 Å². The zero-order chi connectivity index (χ0) is 26.0. The molecular weight excluding hydrogens is 538 g/mol. The highest BCUT2D eigenvalue weighted by Crippen LogP contribution is 2.36. The SMILES string of the molecule is Cc1ccc(Br)c(C2(C(N)=O)NC=NC2C(=O)Nc2nc3ccc(OCCN4CCCCC4)cc3[nH]2)c1. The molecule has 2 atom stereocenters. The molecular formula is C26H30BrN7O3. The number of H-pyrrole nitrogens is 1. The van der Waals surface area contributed by atoms with Crippen LogP contribution in [0.4, 0.5) is 5.95 Å². The number of aromatic nitrogens is 2. The largest absolute Gasteiger partial charge is 0.492 e. The molecule has 1 fully saturated rings. The van der Waals surface area contributed by atoms with Gasteiger partial charge in [0.1, 0.15) is 12.4 Å². The van der Waals surface area contributed by atoms with E-state index < -0.39 is 23.4 Å². The van der Waals surface area contributed by atoms with Gasteiger partial charge in [0.05, 0.1) is 17.4 Å². The first-order chi connectivity index (χ1) is 17.9. The van der Waals surface area contributed by atoms with Gasteiger partial charge in [-0.15, -0.1) is 0 Å². The number of hydrogen-bond donors (Lipinski definition) is 4. The zero-order valence-corrected chi connectivity index (χ0v) is 22.2. The fourth-order valence-electron chi connectivity index (χ4n) is 4.97. The predicted octanol–water partition coefficient (Wildman–Crippen LogP) is 2.82. The number of aryl methyl sites for hydroxylation is 1. The maximum Gasteiger partial charge on any atom is 0.254 e. The Morgan fingerprint density at radius 2 is 2.03 bits per heavy atom. The van der Waals surface area contributed by atoms with Crippen molar-refractivity contribution in [1.82, 2.24) is 20.2 Å². The lowest BCUT2D eigenvalue weighted by atomic mass is 9.82. The Labute approximate surface area is 223 Å². The minimum Gasteiger partial charge on any atom is -0.492 e. The molecule has 11 heteroatoms. The molecule has 2 amide bonds. The van der Waals surface area contributed by atoms with Crippen molar-refractivity contribution in [3.05, 3.63) is 52.0 Å². The highest BCUT2D eigenvalue weighted by molar-refractivity contribution is 9.10. The first-order valence-electron chi connectivity index (χ1n) is 12.4. The average molecular weight is 568 g/mol. The smallest absolute Gasteiger partial charge is 0.254 e. The Bertz CT molecular complexity index is 1350. The van der Waals surface area contributed by atoms with Gasteiger partial charge >= 0.3 is 0 Å². The molecule has 0 radical (unpaired) electrons. The Balaban J connectivity index is 1.31. The van der Waals surface area contributed by atoms with Gasteiger partial charge in [-0.25, -0.2) is 4.98 Å². The molecule has 3 aromatic rings. The summed E-state index contributed by atoms with van der Waals surface area (Å²) in [6, 6.07) is 9.95. The third-order valence-electron chi connectivity index (χ3n) is 6.93. The molecule has 0 aliphatic carbocycles. The third kappa shape index (κ3) is 5.05. The van der Waals surface area contributed by atoms with Gasteiger partial charge in [-0.2, -0.15) is 0 Å². The summed E-state index contributed by atoms with van der Waals surface area (Å²) in [6.45, 7) is 5.67. The summed E-state index contributed by atoms with van der Waals surface area (Å²) in [5, 5.41) is 5.70. The summed E-state index contributed by atoms with van der Waals surface area (Å²) < 4.78 is 6.59. The summed E-state index contributed by atoms with van der Waals surface area (Å²) in [5.41, 5.74) is 7.15. The molecule has 2 unspecified atom stereocenters. The van der Waals surface area contributed by atoms with E-state index in [2.05, 4.69) is 46.4 Å². The fraction of sp³-hybridized carbons (Fsp3) is 0.385. The molecule has 3 heterocycles. The lowest BCUT2D eigenvalue weighted by Gasteiger charge is -2.32. The highest BCUT2D eigenvalue weighted by Gasteiger charge is 2.53. The molecule has 0 spiro atoms. The van der Waals surface area contributed by atoms with Gasteiger partial charge in [-0.05, 0) is 51.1 Å². The Morgan fingerprint density at radius 3 is 2.81 bits per heavy atom. The molecule has 5 rings (SSSR count). The normalized spacial score (nSPS) is 21.6. The highest BCUT2D eigenvalue weighted by atomic mass is 79.9. The third-order valence-corrected chi connectivity index (χ3v) is 7.62. The first kappa shape index (κ1) is 25.2. The number of nitrogens with one attached hydrogen (secondary N) is 3. The Morgan fingerprint density at radius 1 is 1.22 bits per heavy atom. The second kappa shape index (κ2) is 10.5. The monoisotopic (exact) mass is 567 g/mol. The van der Waals surface area contributed by atoms with Crippen molar-refractivity contribution in [3.8, 4) is 5.75 Å². The number of carbonyl (C=O) groups excluding carboxylic acids is 2. The maximum atomic E-state index is 13.4. The molecule has 194 valence electrons. The van der Waals surface area contributed by atoms with Crippen LogP contribution in [0.3, 0.4) is 0 Å². The molecule has 0 bridgehead atoms. The molecule has 5 N–H and O–H groups in total. The van der Waals surface area contributed by atoms with E-state index in [1.807, 2.05) is 43.3 Å². The standard InChI is InChI=1S/C26H30BrN7O3/c1-16-5-7-19(27)18(13-16)26(24(28)36)22(29-15-30-26)23(35)33-25-31-20-8-6-17(14-21(20)32-25)37-12-11-34-9-3-2-4-10-34/h5-8,13-15,22H,2-4,9-12H2,1H3,(H2,28,36)(H,29,30)(H2,31,32,33,35). The van der Waals surface area contributed by atoms with Crippen LogP contribution in [0, 0.1) is 6.92 Å². The van der Waals surface area contributed by atoms with E-state index in [1.165, 1.54) is 25.6 Å². The first-order valence-corrected chi connectivity index (χ1v) is 13.2. The number of piperidine rings is 1. The minimum atomic E-state index is -1.55. The van der Waals surface area contributed by atoms with Crippen molar-refractivity contribution in [2.75, 3.05) is 31.6 Å². The summed E-state index contributed by atoms with van der Waals surface area (Å²) in [5.74, 6) is -0.264. The number of rotatable bonds is 8. The molecule has 37 heavy (non-hydrogen) atoms. The van der Waals surface area contributed by atoms with Crippen molar-refractivity contribution in [3.63, 3.8) is 0 Å². The van der Waals surface area contributed by atoms with Gasteiger partial charge in [-0.1, -0.05) is 40.0 Å². The van der Waals surface area contributed by atoms with Gasteiger partial charge in [-0.3, -0.25) is 24.8 Å². The van der Waals surface area contributed by atoms with Crippen molar-refractivity contribution in [1.29, 1.82) is 0 Å². The van der Waals surface area contributed by atoms with Gasteiger partial charge in [0.25, 0.3) is 11.8 Å². The predicted molar refractivity (Wildman–Crippen MR) is 146 cm³/mol. The number of hydrogen-bond acceptors (Lipinski definition) is 7. The van der Waals surface area contributed by atoms with Crippen LogP contribution < -0.4 is 21.1 Å². The van der Waals surface area contributed by atoms with Gasteiger partial charge < -0.3 is 20.8 Å². The topological polar surface area (TPSA) is 138 Å². The van der Waals surface area contributed by atoms with Crippen molar-refractivity contribution < 1.29 is 14.3 Å². The molecule has 2 aliphatic rings. The van der Waals surface area contributed by atoms with Crippen LogP contribution in [0.15, 0.2) is 45.9 Å². The number of imidazole rings is 1. The number of nitrogens with two attached hydrogens (primary N) is 1. The number of aliphatic imine (C=N–C) groups is 1. The number of halogens is 1. The number of ether oxygens (including phenoxy) is 1. The van der Waals surface area contributed by atoms with Gasteiger partial charge in [0.15, 0.2) is 11.6 Å². The van der Waals surface area contributed by atoms with E-state index in [0.717, 1.165) is 36.5 Å². The Kier molecular flexibility index (Phi) is 7.16. The zero-order valence-electron chi connectivity index (χ0n) is 20.6. The lowest BCUT2D eigenvalue weighted by Crippen LogP contribution is -2.59. The van der Waals surface area contributed by atoms with Gasteiger partial charge in [0, 0.05) is 22.6 Å². The van der Waals surface area contributed by atoms with E-state index in [-0.39, 0.29) is 5.95 Å². The number of aromatic amines is 1. The number of nitrogens with zero attached hydrogens (tertiary/aromatic N) is 3. The van der Waals surface area contributed by atoms with Crippen LogP contribution in [-0.4, -0.2) is 65.3 Å². The molecule has 2 aliphatic heterocycles. The lowest BCUT2D eigenvalue weighted by molar-refractivity contribution is -0.129. The number of anilines is 1. The fourth-order valence-corrected chi connectivity index (χ4v) is 5.53. The van der Waals surface area contributed by atoms with Crippen LogP contribution in [-0.2, 0) is 15.1 Å². The summed E-state index contributed by atoms with van der Waals surface area (Å²) in [7, 11) is 0. The second-order valence-electron chi connectivity index (χ2n) is 9.48. The number of carbonyl (C=O) groups is 2. The van der Waals surface area contributed by atoms with E-state index in [4.69, 9.17) is 10.5 Å². The van der Waals surface area contributed by atoms with Crippen molar-refractivity contribution >= 4 is 51.1 Å². The summed E-state index contributed by atoms with van der Waals surface area (Å²) in [4.78, 5) is 40.4. The van der Waals surface area contributed by atoms with Crippen LogP contribution in [0.5, 0.6) is 5.75 Å². The molecule has 2 aromatic carbocycles. The van der Waals surface area contributed by atoms with Crippen LogP contribution in [0.2, 0.25) is 0 Å². The van der Waals surface area contributed by atoms with Crippen LogP contribution >= 0.6 is 15.9 Å². The van der Waals surface area contributed by atoms with E-state index in [9.17, 15) is 9.59 Å². The molecule has 1 saturated heterocycles. The van der Waals surface area contributed by atoms with E-state index >= 15 is 0 Å². The Hall–Kier alpha value is -3.44. The van der Waals surface area contributed by atoms with Gasteiger partial charge in [0.2, 0.25) is 5.95 Å². The van der Waals surface area contributed by atoms with Crippen LogP contribution in [0.1, 0.15) is 30.4 Å². The number of primary amides is 1. The summed E-state index contributed by atoms with van der Waals surface area (Å²) >= 11 is 3.49. The van der Waals surface area contributed by atoms with Crippen LogP contribution in [0.25, 0.3) is 11.0 Å². The second-order valence-corrected chi connectivity index (χ2v) is 10.3. The average Bonchev–Trinajstić information content (AvgIpc) is 3.50. The number of amides is 2. The minimum absolute atomic E-state index is 0.245. The van der Waals surface area contributed by atoms with Crippen molar-refractivity contribution in [2.24, 2.45) is 10.7 Å². The van der Waals surface area contributed by atoms with E-state index in [1.54, 1.807) is 0 Å². The van der Waals surface area contributed by atoms with Crippen molar-refractivity contribution in [2.45, 2.75) is 37.8 Å². The number of benzene rings is 2. The quantitative estimate of drug-likeness (QED) is 0.330.